The van der Waals surface area contributed by atoms with Crippen molar-refractivity contribution in [2.24, 2.45) is 0 Å². The third kappa shape index (κ3) is 2.52. The van der Waals surface area contributed by atoms with Crippen molar-refractivity contribution >= 4 is 17.2 Å². The van der Waals surface area contributed by atoms with Crippen LogP contribution in [0.5, 0.6) is 0 Å². The van der Waals surface area contributed by atoms with Crippen LogP contribution in [0.25, 0.3) is 0 Å². The van der Waals surface area contributed by atoms with E-state index in [9.17, 15) is 28.1 Å². The lowest BCUT2D eigenvalue weighted by Gasteiger charge is -2.11. The number of halogens is 3. The summed E-state index contributed by atoms with van der Waals surface area (Å²) in [5.74, 6) is -0.937. The maximum absolute atomic E-state index is 12.7. The van der Waals surface area contributed by atoms with Crippen LogP contribution in [0.15, 0.2) is 12.1 Å². The van der Waals surface area contributed by atoms with E-state index in [0.717, 1.165) is 13.0 Å². The Kier molecular flexibility index (Phi) is 3.08. The van der Waals surface area contributed by atoms with Crippen LogP contribution >= 0.6 is 0 Å². The lowest BCUT2D eigenvalue weighted by Crippen LogP contribution is -2.15. The van der Waals surface area contributed by atoms with E-state index in [2.05, 4.69) is 0 Å². The van der Waals surface area contributed by atoms with Crippen molar-refractivity contribution in [1.82, 2.24) is 0 Å². The van der Waals surface area contributed by atoms with Gasteiger partial charge in [0.05, 0.1) is 4.92 Å². The molecule has 0 aliphatic heterocycles. The number of carbonyl (C=O) groups excluding carboxylic acids is 1. The Bertz CT molecular complexity index is 462. The van der Waals surface area contributed by atoms with Gasteiger partial charge >= 0.3 is 6.18 Å². The molecule has 0 fully saturated rings. The first-order chi connectivity index (χ1) is 7.64. The third-order valence-electron chi connectivity index (χ3n) is 2.00. The van der Waals surface area contributed by atoms with Gasteiger partial charge < -0.3 is 5.73 Å². The van der Waals surface area contributed by atoms with E-state index >= 15 is 0 Å². The molecule has 0 saturated heterocycles. The molecule has 0 aromatic heterocycles. The monoisotopic (exact) mass is 248 g/mol. The quantitative estimate of drug-likeness (QED) is 0.377. The first-order valence-corrected chi connectivity index (χ1v) is 4.30. The molecule has 0 heterocycles. The molecule has 0 atom stereocenters. The van der Waals surface area contributed by atoms with Crippen molar-refractivity contribution in [1.29, 1.82) is 0 Å². The number of anilines is 1. The Balaban J connectivity index is 3.72. The third-order valence-corrected chi connectivity index (χ3v) is 2.00. The van der Waals surface area contributed by atoms with Gasteiger partial charge in [-0.1, -0.05) is 0 Å². The van der Waals surface area contributed by atoms with Gasteiger partial charge in [-0.05, 0) is 13.0 Å². The molecule has 0 saturated carbocycles. The highest BCUT2D eigenvalue weighted by atomic mass is 19.4. The van der Waals surface area contributed by atoms with Crippen LogP contribution in [-0.4, -0.2) is 10.7 Å². The number of benzene rings is 1. The highest BCUT2D eigenvalue weighted by Gasteiger charge is 2.42. The molecule has 0 aliphatic rings. The normalized spacial score (nSPS) is 11.3. The average molecular weight is 248 g/mol. The molecule has 0 radical (unpaired) electrons. The molecular weight excluding hydrogens is 241 g/mol. The summed E-state index contributed by atoms with van der Waals surface area (Å²) < 4.78 is 38.0. The predicted octanol–water partition coefficient (Wildman–Crippen LogP) is 2.40. The van der Waals surface area contributed by atoms with Crippen molar-refractivity contribution in [3.05, 3.63) is 33.4 Å². The molecule has 8 heteroatoms. The van der Waals surface area contributed by atoms with Gasteiger partial charge in [0.25, 0.3) is 5.69 Å². The van der Waals surface area contributed by atoms with Crippen LogP contribution < -0.4 is 5.73 Å². The number of carbonyl (C=O) groups is 1. The number of hydrogen-bond acceptors (Lipinski definition) is 4. The van der Waals surface area contributed by atoms with E-state index in [-0.39, 0.29) is 5.69 Å². The van der Waals surface area contributed by atoms with Gasteiger partial charge in [-0.15, -0.1) is 0 Å². The van der Waals surface area contributed by atoms with Gasteiger partial charge in [-0.25, -0.2) is 0 Å². The fourth-order valence-electron chi connectivity index (χ4n) is 1.37. The molecule has 2 N–H and O–H groups in total. The number of nitrogen functional groups attached to an aromatic ring is 1. The topological polar surface area (TPSA) is 86.2 Å². The second kappa shape index (κ2) is 4.04. The summed E-state index contributed by atoms with van der Waals surface area (Å²) in [6.45, 7) is 0.883. The molecule has 1 aromatic rings. The molecule has 0 amide bonds. The van der Waals surface area contributed by atoms with E-state index in [1.807, 2.05) is 0 Å². The smallest absolute Gasteiger partial charge is 0.399 e. The molecule has 0 spiro atoms. The molecule has 1 rings (SSSR count). The Morgan fingerprint density at radius 2 is 1.94 bits per heavy atom. The molecular formula is C9H7F3N2O3. The van der Waals surface area contributed by atoms with E-state index in [4.69, 9.17) is 5.73 Å². The zero-order valence-corrected chi connectivity index (χ0v) is 8.54. The van der Waals surface area contributed by atoms with Gasteiger partial charge in [0.15, 0.2) is 5.78 Å². The minimum Gasteiger partial charge on any atom is -0.399 e. The number of nitrogens with zero attached hydrogens (tertiary/aromatic N) is 1. The number of hydrogen-bond donors (Lipinski definition) is 1. The van der Waals surface area contributed by atoms with Crippen molar-refractivity contribution in [2.45, 2.75) is 13.1 Å². The Morgan fingerprint density at radius 3 is 2.29 bits per heavy atom. The fraction of sp³-hybridized carbons (Fsp3) is 0.222. The Hall–Kier alpha value is -2.12. The molecule has 0 unspecified atom stereocenters. The first kappa shape index (κ1) is 12.9. The molecule has 92 valence electrons. The summed E-state index contributed by atoms with van der Waals surface area (Å²) in [7, 11) is 0. The van der Waals surface area contributed by atoms with Crippen molar-refractivity contribution in [3.8, 4) is 0 Å². The van der Waals surface area contributed by atoms with Crippen LogP contribution in [0.3, 0.4) is 0 Å². The van der Waals surface area contributed by atoms with E-state index in [1.54, 1.807) is 0 Å². The van der Waals surface area contributed by atoms with Crippen LogP contribution in [0.4, 0.5) is 24.5 Å². The van der Waals surface area contributed by atoms with Crippen molar-refractivity contribution in [2.75, 3.05) is 5.73 Å². The van der Waals surface area contributed by atoms with Crippen LogP contribution in [0.1, 0.15) is 22.8 Å². The van der Waals surface area contributed by atoms with Gasteiger partial charge in [-0.2, -0.15) is 13.2 Å². The zero-order valence-electron chi connectivity index (χ0n) is 8.54. The minimum atomic E-state index is -4.99. The highest BCUT2D eigenvalue weighted by molar-refractivity contribution is 5.97. The van der Waals surface area contributed by atoms with E-state index in [1.165, 1.54) is 0 Å². The summed E-state index contributed by atoms with van der Waals surface area (Å²) in [6.07, 6.45) is -4.99. The summed E-state index contributed by atoms with van der Waals surface area (Å²) in [5.41, 5.74) is 1.37. The van der Waals surface area contributed by atoms with Crippen LogP contribution in [-0.2, 0) is 6.18 Å². The summed E-state index contributed by atoms with van der Waals surface area (Å²) in [5, 5.41) is 10.5. The number of nitro benzene ring substituents is 1. The van der Waals surface area contributed by atoms with Crippen molar-refractivity contribution in [3.63, 3.8) is 0 Å². The van der Waals surface area contributed by atoms with Gasteiger partial charge in [0.2, 0.25) is 0 Å². The maximum Gasteiger partial charge on any atom is 0.423 e. The maximum atomic E-state index is 12.7. The van der Waals surface area contributed by atoms with E-state index < -0.39 is 33.7 Å². The average Bonchev–Trinajstić information content (AvgIpc) is 2.14. The van der Waals surface area contributed by atoms with Crippen molar-refractivity contribution < 1.29 is 22.9 Å². The largest absolute Gasteiger partial charge is 0.423 e. The standard InChI is InChI=1S/C9H7F3N2O3/c1-4(15)6-2-5(13)3-7(14(16)17)8(6)9(10,11)12/h2-3H,13H2,1H3. The SMILES string of the molecule is CC(=O)c1cc(N)cc([N+](=O)[O-])c1C(F)(F)F. The summed E-state index contributed by atoms with van der Waals surface area (Å²) in [6, 6.07) is 1.35. The predicted molar refractivity (Wildman–Crippen MR) is 52.5 cm³/mol. The number of ketones is 1. The molecule has 1 aromatic carbocycles. The lowest BCUT2D eigenvalue weighted by molar-refractivity contribution is -0.388. The molecule has 5 nitrogen and oxygen atoms in total. The Morgan fingerprint density at radius 1 is 1.41 bits per heavy atom. The summed E-state index contributed by atoms with van der Waals surface area (Å²) >= 11 is 0. The van der Waals surface area contributed by atoms with Crippen LogP contribution in [0.2, 0.25) is 0 Å². The second-order valence-corrected chi connectivity index (χ2v) is 3.27. The first-order valence-electron chi connectivity index (χ1n) is 4.30. The lowest BCUT2D eigenvalue weighted by atomic mass is 10.0. The number of alkyl halides is 3. The fourth-order valence-corrected chi connectivity index (χ4v) is 1.37. The number of nitrogens with two attached hydrogens (primary N) is 1. The van der Waals surface area contributed by atoms with Gasteiger partial charge in [-0.3, -0.25) is 14.9 Å². The minimum absolute atomic E-state index is 0.269. The van der Waals surface area contributed by atoms with Gasteiger partial charge in [0.1, 0.15) is 5.56 Å². The highest BCUT2D eigenvalue weighted by Crippen LogP contribution is 2.39. The molecule has 17 heavy (non-hydrogen) atoms. The van der Waals surface area contributed by atoms with E-state index in [0.29, 0.717) is 6.07 Å². The number of Topliss-reactive ketones (excluding diaryl/α,β-unsaturated/α-hetero) is 1. The number of nitro groups is 1. The van der Waals surface area contributed by atoms with Gasteiger partial charge in [0, 0.05) is 17.3 Å². The molecule has 0 bridgehead atoms. The number of rotatable bonds is 2. The molecule has 0 aliphatic carbocycles. The second-order valence-electron chi connectivity index (χ2n) is 3.27. The Labute approximate surface area is 93.2 Å². The summed E-state index contributed by atoms with van der Waals surface area (Å²) in [4.78, 5) is 20.4. The zero-order chi connectivity index (χ0) is 13.4. The van der Waals surface area contributed by atoms with Crippen LogP contribution in [0, 0.1) is 10.1 Å².